The lowest BCUT2D eigenvalue weighted by Crippen LogP contribution is -2.34. The smallest absolute Gasteiger partial charge is 0.212 e. The second kappa shape index (κ2) is 4.07. The van der Waals surface area contributed by atoms with Gasteiger partial charge in [-0.15, -0.1) is 0 Å². The normalized spacial score (nSPS) is 17.3. The Morgan fingerprint density at radius 3 is 2.54 bits per heavy atom. The van der Waals surface area contributed by atoms with Crippen LogP contribution in [0.2, 0.25) is 0 Å². The molecular formula is C8H14N2O2S. The molecule has 1 saturated carbocycles. The van der Waals surface area contributed by atoms with Gasteiger partial charge in [0.25, 0.3) is 0 Å². The Morgan fingerprint density at radius 2 is 2.15 bits per heavy atom. The Bertz CT molecular complexity index is 301. The fourth-order valence-corrected chi connectivity index (χ4v) is 3.03. The van der Waals surface area contributed by atoms with E-state index in [0.29, 0.717) is 6.54 Å². The van der Waals surface area contributed by atoms with Crippen molar-refractivity contribution in [2.45, 2.75) is 31.4 Å². The molecule has 0 spiro atoms. The van der Waals surface area contributed by atoms with Gasteiger partial charge < -0.3 is 0 Å². The fourth-order valence-electron chi connectivity index (χ4n) is 1.20. The average molecular weight is 202 g/mol. The molecule has 1 aliphatic carbocycles. The van der Waals surface area contributed by atoms with Crippen LogP contribution in [0.25, 0.3) is 0 Å². The summed E-state index contributed by atoms with van der Waals surface area (Å²) in [6.07, 6.45) is 2.27. The van der Waals surface area contributed by atoms with Crippen molar-refractivity contribution in [1.82, 2.24) is 4.31 Å². The summed E-state index contributed by atoms with van der Waals surface area (Å²) < 4.78 is 24.6. The average Bonchev–Trinajstić information content (AvgIpc) is 2.86. The summed E-state index contributed by atoms with van der Waals surface area (Å²) in [6.45, 7) is 2.37. The van der Waals surface area contributed by atoms with E-state index in [2.05, 4.69) is 0 Å². The zero-order chi connectivity index (χ0) is 9.90. The second-order valence-corrected chi connectivity index (χ2v) is 5.45. The van der Waals surface area contributed by atoms with Gasteiger partial charge in [-0.25, -0.2) is 8.42 Å². The first-order valence-corrected chi connectivity index (χ1v) is 5.99. The van der Waals surface area contributed by atoms with Crippen molar-refractivity contribution in [2.75, 3.05) is 13.1 Å². The van der Waals surface area contributed by atoms with Gasteiger partial charge in [-0.2, -0.15) is 9.57 Å². The van der Waals surface area contributed by atoms with Gasteiger partial charge in [0.2, 0.25) is 10.0 Å². The minimum absolute atomic E-state index is 0.00727. The molecule has 0 saturated heterocycles. The van der Waals surface area contributed by atoms with Crippen molar-refractivity contribution >= 4 is 10.0 Å². The number of sulfonamides is 1. The summed E-state index contributed by atoms with van der Waals surface area (Å²) in [4.78, 5) is 0. The van der Waals surface area contributed by atoms with E-state index in [4.69, 9.17) is 5.26 Å². The number of nitriles is 1. The first-order chi connectivity index (χ1) is 6.12. The van der Waals surface area contributed by atoms with Crippen molar-refractivity contribution < 1.29 is 8.42 Å². The lowest BCUT2D eigenvalue weighted by molar-refractivity contribution is 0.443. The number of nitrogens with zero attached hydrogens (tertiary/aromatic N) is 2. The van der Waals surface area contributed by atoms with Crippen LogP contribution >= 0.6 is 0 Å². The van der Waals surface area contributed by atoms with Crippen LogP contribution in [-0.4, -0.2) is 31.1 Å². The van der Waals surface area contributed by atoms with E-state index in [9.17, 15) is 8.42 Å². The summed E-state index contributed by atoms with van der Waals surface area (Å²) >= 11 is 0. The lowest BCUT2D eigenvalue weighted by Gasteiger charge is -2.17. The highest BCUT2D eigenvalue weighted by atomic mass is 32.2. The first kappa shape index (κ1) is 10.5. The molecular weight excluding hydrogens is 188 g/mol. The molecule has 0 radical (unpaired) electrons. The molecule has 0 aromatic rings. The molecule has 1 fully saturated rings. The van der Waals surface area contributed by atoms with Crippen LogP contribution in [0.3, 0.4) is 0 Å². The molecule has 4 nitrogen and oxygen atoms in total. The Morgan fingerprint density at radius 1 is 1.54 bits per heavy atom. The van der Waals surface area contributed by atoms with Gasteiger partial charge in [0.1, 0.15) is 6.54 Å². The lowest BCUT2D eigenvalue weighted by atomic mass is 10.5. The van der Waals surface area contributed by atoms with Crippen molar-refractivity contribution in [1.29, 1.82) is 5.26 Å². The molecule has 0 unspecified atom stereocenters. The summed E-state index contributed by atoms with van der Waals surface area (Å²) in [5.41, 5.74) is 0. The van der Waals surface area contributed by atoms with Crippen molar-refractivity contribution in [3.05, 3.63) is 0 Å². The zero-order valence-corrected chi connectivity index (χ0v) is 8.55. The van der Waals surface area contributed by atoms with Gasteiger partial charge in [0.05, 0.1) is 11.3 Å². The largest absolute Gasteiger partial charge is 0.217 e. The molecule has 0 amide bonds. The monoisotopic (exact) mass is 202 g/mol. The third-order valence-electron chi connectivity index (χ3n) is 2.03. The van der Waals surface area contributed by atoms with Crippen LogP contribution in [0, 0.1) is 11.3 Å². The predicted molar refractivity (Wildman–Crippen MR) is 49.4 cm³/mol. The Labute approximate surface area is 79.2 Å². The van der Waals surface area contributed by atoms with E-state index in [0.717, 1.165) is 19.3 Å². The van der Waals surface area contributed by atoms with E-state index >= 15 is 0 Å². The van der Waals surface area contributed by atoms with Gasteiger partial charge in [-0.1, -0.05) is 6.92 Å². The maximum absolute atomic E-state index is 11.6. The SMILES string of the molecule is CCCN(CC#N)S(=O)(=O)C1CC1. The maximum atomic E-state index is 11.6. The Kier molecular flexibility index (Phi) is 3.28. The molecule has 74 valence electrons. The van der Waals surface area contributed by atoms with Crippen LogP contribution in [0.4, 0.5) is 0 Å². The predicted octanol–water partition coefficient (Wildman–Crippen LogP) is 0.714. The highest BCUT2D eigenvalue weighted by Gasteiger charge is 2.39. The van der Waals surface area contributed by atoms with E-state index in [1.807, 2.05) is 13.0 Å². The Hall–Kier alpha value is -0.600. The van der Waals surface area contributed by atoms with Crippen molar-refractivity contribution in [3.63, 3.8) is 0 Å². The molecule has 5 heteroatoms. The van der Waals surface area contributed by atoms with Crippen LogP contribution in [0.15, 0.2) is 0 Å². The maximum Gasteiger partial charge on any atom is 0.217 e. The molecule has 1 aliphatic rings. The highest BCUT2D eigenvalue weighted by Crippen LogP contribution is 2.30. The molecule has 0 aromatic carbocycles. The number of hydrogen-bond donors (Lipinski definition) is 0. The topological polar surface area (TPSA) is 61.2 Å². The standard InChI is InChI=1S/C8H14N2O2S/c1-2-6-10(7-5-9)13(11,12)8-3-4-8/h8H,2-4,6-7H2,1H3. The number of hydrogen-bond acceptors (Lipinski definition) is 3. The zero-order valence-electron chi connectivity index (χ0n) is 7.73. The Balaban J connectivity index is 2.68. The van der Waals surface area contributed by atoms with Crippen LogP contribution in [-0.2, 0) is 10.0 Å². The van der Waals surface area contributed by atoms with Crippen molar-refractivity contribution in [2.24, 2.45) is 0 Å². The van der Waals surface area contributed by atoms with Crippen LogP contribution < -0.4 is 0 Å². The molecule has 0 N–H and O–H groups in total. The highest BCUT2D eigenvalue weighted by molar-refractivity contribution is 7.90. The molecule has 13 heavy (non-hydrogen) atoms. The van der Waals surface area contributed by atoms with Gasteiger partial charge in [0, 0.05) is 6.54 Å². The first-order valence-electron chi connectivity index (χ1n) is 4.48. The van der Waals surface area contributed by atoms with Gasteiger partial charge in [-0.3, -0.25) is 0 Å². The minimum atomic E-state index is -3.14. The van der Waals surface area contributed by atoms with E-state index < -0.39 is 10.0 Å². The molecule has 0 aliphatic heterocycles. The van der Waals surface area contributed by atoms with E-state index in [1.54, 1.807) is 0 Å². The second-order valence-electron chi connectivity index (χ2n) is 3.24. The fraction of sp³-hybridized carbons (Fsp3) is 0.875. The van der Waals surface area contributed by atoms with Crippen LogP contribution in [0.5, 0.6) is 0 Å². The van der Waals surface area contributed by atoms with E-state index in [1.165, 1.54) is 4.31 Å². The molecule has 0 aromatic heterocycles. The third-order valence-corrected chi connectivity index (χ3v) is 4.37. The molecule has 0 heterocycles. The third kappa shape index (κ3) is 2.42. The molecule has 0 bridgehead atoms. The number of rotatable bonds is 5. The molecule has 0 atom stereocenters. The minimum Gasteiger partial charge on any atom is -0.212 e. The van der Waals surface area contributed by atoms with Gasteiger partial charge >= 0.3 is 0 Å². The summed E-state index contributed by atoms with van der Waals surface area (Å²) in [7, 11) is -3.14. The van der Waals surface area contributed by atoms with E-state index in [-0.39, 0.29) is 11.8 Å². The van der Waals surface area contributed by atoms with Crippen molar-refractivity contribution in [3.8, 4) is 6.07 Å². The summed E-state index contributed by atoms with van der Waals surface area (Å²) in [6, 6.07) is 1.89. The van der Waals surface area contributed by atoms with Gasteiger partial charge in [0.15, 0.2) is 0 Å². The van der Waals surface area contributed by atoms with Crippen LogP contribution in [0.1, 0.15) is 26.2 Å². The van der Waals surface area contributed by atoms with Gasteiger partial charge in [-0.05, 0) is 19.3 Å². The quantitative estimate of drug-likeness (QED) is 0.617. The summed E-state index contributed by atoms with van der Waals surface area (Å²) in [5.74, 6) is 0. The summed E-state index contributed by atoms with van der Waals surface area (Å²) in [5, 5.41) is 8.27. The molecule has 1 rings (SSSR count).